The SMILES string of the molecule is CC(=O)O[C@@H]1[C@@H](OC(C)=O)[C@H](SCc2ccccc2I)OC[C@H]1O. The first kappa shape index (κ1) is 19.5. The van der Waals surface area contributed by atoms with E-state index in [0.717, 1.165) is 9.13 Å². The van der Waals surface area contributed by atoms with E-state index in [4.69, 9.17) is 14.2 Å². The molecule has 1 N–H and O–H groups in total. The molecule has 0 bridgehead atoms. The molecule has 2 rings (SSSR count). The van der Waals surface area contributed by atoms with E-state index in [1.165, 1.54) is 25.6 Å². The minimum absolute atomic E-state index is 0.0132. The molecule has 132 valence electrons. The lowest BCUT2D eigenvalue weighted by Gasteiger charge is -2.38. The molecule has 1 aromatic carbocycles. The third kappa shape index (κ3) is 5.33. The molecule has 0 radical (unpaired) electrons. The number of thioether (sulfide) groups is 1. The summed E-state index contributed by atoms with van der Waals surface area (Å²) in [4.78, 5) is 22.7. The fourth-order valence-corrected chi connectivity index (χ4v) is 4.35. The van der Waals surface area contributed by atoms with Gasteiger partial charge in [-0.2, -0.15) is 0 Å². The zero-order chi connectivity index (χ0) is 17.7. The van der Waals surface area contributed by atoms with Crippen molar-refractivity contribution in [2.75, 3.05) is 6.61 Å². The number of aliphatic hydroxyl groups is 1. The molecule has 0 aromatic heterocycles. The van der Waals surface area contributed by atoms with Gasteiger partial charge in [-0.05, 0) is 34.2 Å². The molecule has 4 atom stereocenters. The van der Waals surface area contributed by atoms with Crippen LogP contribution in [0.1, 0.15) is 19.4 Å². The molecule has 1 saturated heterocycles. The van der Waals surface area contributed by atoms with Crippen LogP contribution in [0.25, 0.3) is 0 Å². The Kier molecular flexibility index (Phi) is 7.33. The van der Waals surface area contributed by atoms with Crippen molar-refractivity contribution in [1.29, 1.82) is 0 Å². The van der Waals surface area contributed by atoms with Gasteiger partial charge in [0, 0.05) is 23.2 Å². The van der Waals surface area contributed by atoms with E-state index in [9.17, 15) is 14.7 Å². The predicted molar refractivity (Wildman–Crippen MR) is 97.3 cm³/mol. The minimum atomic E-state index is -1.04. The average molecular weight is 466 g/mol. The molecule has 0 saturated carbocycles. The van der Waals surface area contributed by atoms with E-state index in [0.29, 0.717) is 5.75 Å². The molecular weight excluding hydrogens is 447 g/mol. The smallest absolute Gasteiger partial charge is 0.303 e. The minimum Gasteiger partial charge on any atom is -0.456 e. The Bertz CT molecular complexity index is 596. The van der Waals surface area contributed by atoms with Gasteiger partial charge in [0.1, 0.15) is 11.5 Å². The van der Waals surface area contributed by atoms with Gasteiger partial charge in [-0.3, -0.25) is 9.59 Å². The number of esters is 2. The summed E-state index contributed by atoms with van der Waals surface area (Å²) in [7, 11) is 0. The van der Waals surface area contributed by atoms with Crippen LogP contribution >= 0.6 is 34.4 Å². The highest BCUT2D eigenvalue weighted by Gasteiger charge is 2.44. The Balaban J connectivity index is 2.11. The zero-order valence-electron chi connectivity index (χ0n) is 13.3. The third-order valence-electron chi connectivity index (χ3n) is 3.37. The topological polar surface area (TPSA) is 82.1 Å². The first-order valence-electron chi connectivity index (χ1n) is 7.37. The van der Waals surface area contributed by atoms with Gasteiger partial charge in [0.05, 0.1) is 6.61 Å². The number of rotatable bonds is 5. The van der Waals surface area contributed by atoms with Crippen LogP contribution < -0.4 is 0 Å². The van der Waals surface area contributed by atoms with Crippen molar-refractivity contribution in [2.45, 2.75) is 43.3 Å². The fourth-order valence-electron chi connectivity index (χ4n) is 2.34. The van der Waals surface area contributed by atoms with Crippen molar-refractivity contribution in [1.82, 2.24) is 0 Å². The van der Waals surface area contributed by atoms with Crippen LogP contribution in [-0.2, 0) is 29.6 Å². The Labute approximate surface area is 158 Å². The maximum absolute atomic E-state index is 11.4. The van der Waals surface area contributed by atoms with Gasteiger partial charge in [-0.25, -0.2) is 0 Å². The van der Waals surface area contributed by atoms with Crippen LogP contribution in [0.2, 0.25) is 0 Å². The van der Waals surface area contributed by atoms with Gasteiger partial charge < -0.3 is 19.3 Å². The van der Waals surface area contributed by atoms with Crippen molar-refractivity contribution >= 4 is 46.3 Å². The van der Waals surface area contributed by atoms with E-state index in [-0.39, 0.29) is 6.61 Å². The number of halogens is 1. The number of hydrogen-bond acceptors (Lipinski definition) is 7. The van der Waals surface area contributed by atoms with Gasteiger partial charge in [0.15, 0.2) is 12.2 Å². The maximum Gasteiger partial charge on any atom is 0.303 e. The summed E-state index contributed by atoms with van der Waals surface area (Å²) >= 11 is 3.70. The number of hydrogen-bond donors (Lipinski definition) is 1. The van der Waals surface area contributed by atoms with Crippen LogP contribution in [0, 0.1) is 3.57 Å². The Morgan fingerprint density at radius 1 is 1.25 bits per heavy atom. The molecule has 0 aliphatic carbocycles. The lowest BCUT2D eigenvalue weighted by atomic mass is 10.1. The average Bonchev–Trinajstić information content (AvgIpc) is 2.51. The van der Waals surface area contributed by atoms with Gasteiger partial charge >= 0.3 is 11.9 Å². The number of carbonyl (C=O) groups excluding carboxylic acids is 2. The molecule has 8 heteroatoms. The van der Waals surface area contributed by atoms with Crippen molar-refractivity contribution in [3.05, 3.63) is 33.4 Å². The summed E-state index contributed by atoms with van der Waals surface area (Å²) < 4.78 is 17.2. The molecule has 0 amide bonds. The van der Waals surface area contributed by atoms with Crippen molar-refractivity contribution in [3.8, 4) is 0 Å². The summed E-state index contributed by atoms with van der Waals surface area (Å²) in [6.07, 6.45) is -2.83. The van der Waals surface area contributed by atoms with Crippen LogP contribution in [0.3, 0.4) is 0 Å². The zero-order valence-corrected chi connectivity index (χ0v) is 16.3. The molecule has 6 nitrogen and oxygen atoms in total. The summed E-state index contributed by atoms with van der Waals surface area (Å²) in [6.45, 7) is 2.54. The molecule has 24 heavy (non-hydrogen) atoms. The highest BCUT2D eigenvalue weighted by molar-refractivity contribution is 14.1. The van der Waals surface area contributed by atoms with E-state index in [1.54, 1.807) is 0 Å². The second-order valence-electron chi connectivity index (χ2n) is 5.32. The van der Waals surface area contributed by atoms with Crippen molar-refractivity contribution in [3.63, 3.8) is 0 Å². The van der Waals surface area contributed by atoms with E-state index < -0.39 is 35.7 Å². The predicted octanol–water partition coefficient (Wildman–Crippen LogP) is 2.11. The quantitative estimate of drug-likeness (QED) is 0.526. The van der Waals surface area contributed by atoms with Crippen LogP contribution in [0.5, 0.6) is 0 Å². The molecule has 1 aliphatic rings. The number of aliphatic hydroxyl groups excluding tert-OH is 1. The third-order valence-corrected chi connectivity index (χ3v) is 5.63. The van der Waals surface area contributed by atoms with E-state index in [2.05, 4.69) is 22.6 Å². The Hall–Kier alpha value is -0.840. The number of benzene rings is 1. The number of ether oxygens (including phenoxy) is 3. The molecule has 1 aromatic rings. The molecule has 0 unspecified atom stereocenters. The summed E-state index contributed by atoms with van der Waals surface area (Å²) in [6, 6.07) is 7.93. The normalized spacial score (nSPS) is 26.7. The van der Waals surface area contributed by atoms with Gasteiger partial charge in [0.2, 0.25) is 0 Å². The van der Waals surface area contributed by atoms with E-state index in [1.807, 2.05) is 24.3 Å². The number of carbonyl (C=O) groups is 2. The highest BCUT2D eigenvalue weighted by atomic mass is 127. The van der Waals surface area contributed by atoms with Gasteiger partial charge in [-0.1, -0.05) is 18.2 Å². The summed E-state index contributed by atoms with van der Waals surface area (Å²) in [5.41, 5.74) is 0.598. The molecular formula is C16H19IO6S. The van der Waals surface area contributed by atoms with Crippen molar-refractivity contribution in [2.24, 2.45) is 0 Å². The summed E-state index contributed by atoms with van der Waals surface area (Å²) in [5, 5.41) is 10.0. The standard InChI is InChI=1S/C16H19IO6S/c1-9(18)22-14-13(20)7-21-16(15(14)23-10(2)19)24-8-11-5-3-4-6-12(11)17/h3-6,13-16,20H,7-8H2,1-2H3/t13-,14+,15-,16+/m1/s1. The van der Waals surface area contributed by atoms with Crippen molar-refractivity contribution < 1.29 is 28.9 Å². The second kappa shape index (κ2) is 9.02. The van der Waals surface area contributed by atoms with E-state index >= 15 is 0 Å². The highest BCUT2D eigenvalue weighted by Crippen LogP contribution is 2.32. The fraction of sp³-hybridized carbons (Fsp3) is 0.500. The maximum atomic E-state index is 11.4. The first-order valence-corrected chi connectivity index (χ1v) is 9.50. The summed E-state index contributed by atoms with van der Waals surface area (Å²) in [5.74, 6) is -0.418. The molecule has 1 fully saturated rings. The largest absolute Gasteiger partial charge is 0.456 e. The van der Waals surface area contributed by atoms with Crippen LogP contribution in [0.15, 0.2) is 24.3 Å². The van der Waals surface area contributed by atoms with Crippen LogP contribution in [-0.4, -0.2) is 47.4 Å². The van der Waals surface area contributed by atoms with Gasteiger partial charge in [0.25, 0.3) is 0 Å². The van der Waals surface area contributed by atoms with Gasteiger partial charge in [-0.15, -0.1) is 11.8 Å². The Morgan fingerprint density at radius 3 is 2.50 bits per heavy atom. The molecule has 0 spiro atoms. The lowest BCUT2D eigenvalue weighted by molar-refractivity contribution is -0.204. The molecule has 1 heterocycles. The Morgan fingerprint density at radius 2 is 1.88 bits per heavy atom. The lowest BCUT2D eigenvalue weighted by Crippen LogP contribution is -2.55. The van der Waals surface area contributed by atoms with Crippen LogP contribution in [0.4, 0.5) is 0 Å². The second-order valence-corrected chi connectivity index (χ2v) is 7.57. The molecule has 1 aliphatic heterocycles. The first-order chi connectivity index (χ1) is 11.4. The monoisotopic (exact) mass is 466 g/mol.